The number of nitrogens with one attached hydrogen (secondary N) is 1. The largest absolute Gasteiger partial charge is 0.444 e. The van der Waals surface area contributed by atoms with Gasteiger partial charge in [0.2, 0.25) is 0 Å². The van der Waals surface area contributed by atoms with Gasteiger partial charge in [0.05, 0.1) is 6.20 Å². The number of carbonyl (C=O) groups excluding carboxylic acids is 2. The van der Waals surface area contributed by atoms with E-state index in [2.05, 4.69) is 58.9 Å². The Kier molecular flexibility index (Phi) is 6.54. The quantitative estimate of drug-likeness (QED) is 0.381. The van der Waals surface area contributed by atoms with Crippen molar-refractivity contribution in [2.75, 3.05) is 6.54 Å². The maximum absolute atomic E-state index is 14.8. The number of hydrogen-bond acceptors (Lipinski definition) is 5. The average molecular weight is 581 g/mol. The number of ether oxygens (including phenoxy) is 1. The van der Waals surface area contributed by atoms with Gasteiger partial charge in [-0.2, -0.15) is 0 Å². The number of alkyl carbamates (subject to hydrolysis) is 1. The summed E-state index contributed by atoms with van der Waals surface area (Å²) in [5.41, 5.74) is 0.799. The van der Waals surface area contributed by atoms with Gasteiger partial charge in [0.1, 0.15) is 17.1 Å². The predicted molar refractivity (Wildman–Crippen MR) is 164 cm³/mol. The van der Waals surface area contributed by atoms with Crippen LogP contribution in [0.3, 0.4) is 0 Å². The Balaban J connectivity index is 1.36. The minimum atomic E-state index is -0.528. The number of rotatable bonds is 2. The fourth-order valence-electron chi connectivity index (χ4n) is 12.0. The van der Waals surface area contributed by atoms with Gasteiger partial charge in [0.15, 0.2) is 0 Å². The van der Waals surface area contributed by atoms with E-state index in [4.69, 9.17) is 9.26 Å². The van der Waals surface area contributed by atoms with Gasteiger partial charge in [-0.25, -0.2) is 4.79 Å². The van der Waals surface area contributed by atoms with Crippen LogP contribution in [0.5, 0.6) is 0 Å². The van der Waals surface area contributed by atoms with Crippen LogP contribution in [-0.4, -0.2) is 29.2 Å². The zero-order chi connectivity index (χ0) is 30.7. The molecular formula is C36H56N2O4. The van der Waals surface area contributed by atoms with E-state index >= 15 is 0 Å². The van der Waals surface area contributed by atoms with Crippen molar-refractivity contribution in [2.45, 2.75) is 138 Å². The molecular weight excluding hydrogens is 524 g/mol. The minimum absolute atomic E-state index is 0.0251. The summed E-state index contributed by atoms with van der Waals surface area (Å²) in [7, 11) is 0. The first-order valence-corrected chi connectivity index (χ1v) is 16.7. The second-order valence-electron chi connectivity index (χ2n) is 18.4. The SMILES string of the molecule is CC1(C)CC[C@]2(CNC(=O)OC(C)(C)C)CC[C@]3(C)[C@H](C(=O)C[C@@H]4[C@@]5(C)Cc6cnoc6C(C)(C)[C@@H]5CC[C@]43C)[C@@H]2C1. The molecule has 6 nitrogen and oxygen atoms in total. The normalized spacial score (nSPS) is 43.6. The van der Waals surface area contributed by atoms with Crippen molar-refractivity contribution in [3.63, 3.8) is 0 Å². The Labute approximate surface area is 253 Å². The monoisotopic (exact) mass is 580 g/mol. The highest BCUT2D eigenvalue weighted by molar-refractivity contribution is 5.84. The van der Waals surface area contributed by atoms with Crippen LogP contribution in [-0.2, 0) is 21.4 Å². The van der Waals surface area contributed by atoms with E-state index in [9.17, 15) is 9.59 Å². The molecule has 0 unspecified atom stereocenters. The van der Waals surface area contributed by atoms with E-state index in [1.807, 2.05) is 27.0 Å². The summed E-state index contributed by atoms with van der Waals surface area (Å²) in [5, 5.41) is 7.43. The van der Waals surface area contributed by atoms with Gasteiger partial charge in [-0.1, -0.05) is 53.6 Å². The van der Waals surface area contributed by atoms with E-state index in [1.165, 1.54) is 5.56 Å². The van der Waals surface area contributed by atoms with Gasteiger partial charge < -0.3 is 14.6 Å². The smallest absolute Gasteiger partial charge is 0.407 e. The molecule has 1 N–H and O–H groups in total. The lowest BCUT2D eigenvalue weighted by Crippen LogP contribution is -2.69. The molecule has 1 amide bonds. The number of carbonyl (C=O) groups is 2. The molecule has 6 rings (SSSR count). The maximum atomic E-state index is 14.8. The molecule has 6 heteroatoms. The third kappa shape index (κ3) is 4.19. The fourth-order valence-corrected chi connectivity index (χ4v) is 12.0. The summed E-state index contributed by atoms with van der Waals surface area (Å²) in [5.74, 6) is 2.66. The summed E-state index contributed by atoms with van der Waals surface area (Å²) in [4.78, 5) is 27.6. The van der Waals surface area contributed by atoms with Gasteiger partial charge >= 0.3 is 6.09 Å². The molecule has 0 aliphatic heterocycles. The highest BCUT2D eigenvalue weighted by atomic mass is 16.6. The molecule has 234 valence electrons. The second-order valence-corrected chi connectivity index (χ2v) is 18.4. The summed E-state index contributed by atoms with van der Waals surface area (Å²) < 4.78 is 11.5. The first-order chi connectivity index (χ1) is 19.3. The summed E-state index contributed by atoms with van der Waals surface area (Å²) >= 11 is 0. The topological polar surface area (TPSA) is 81.4 Å². The number of hydrogen-bond donors (Lipinski definition) is 1. The molecule has 4 fully saturated rings. The Bertz CT molecular complexity index is 1270. The van der Waals surface area contributed by atoms with E-state index < -0.39 is 5.60 Å². The molecule has 4 saturated carbocycles. The predicted octanol–water partition coefficient (Wildman–Crippen LogP) is 8.27. The van der Waals surface area contributed by atoms with Crippen LogP contribution < -0.4 is 5.32 Å². The third-order valence-corrected chi connectivity index (χ3v) is 14.1. The highest BCUT2D eigenvalue weighted by Gasteiger charge is 2.72. The van der Waals surface area contributed by atoms with Crippen LogP contribution >= 0.6 is 0 Å². The zero-order valence-electron chi connectivity index (χ0n) is 28.0. The lowest BCUT2D eigenvalue weighted by Gasteiger charge is -2.72. The van der Waals surface area contributed by atoms with Crippen LogP contribution in [0.2, 0.25) is 0 Å². The number of aromatic nitrogens is 1. The summed E-state index contributed by atoms with van der Waals surface area (Å²) in [6, 6.07) is 0. The van der Waals surface area contributed by atoms with Gasteiger partial charge in [0, 0.05) is 29.9 Å². The number of nitrogens with zero attached hydrogens (tertiary/aromatic N) is 1. The Hall–Kier alpha value is -1.85. The van der Waals surface area contributed by atoms with Crippen LogP contribution in [0.4, 0.5) is 4.79 Å². The molecule has 42 heavy (non-hydrogen) atoms. The molecule has 5 aliphatic rings. The first kappa shape index (κ1) is 30.2. The number of Topliss-reactive ketones (excluding diaryl/α,β-unsaturated/α-hetero) is 1. The van der Waals surface area contributed by atoms with Crippen molar-refractivity contribution >= 4 is 11.9 Å². The third-order valence-electron chi connectivity index (χ3n) is 14.1. The molecule has 1 aromatic heterocycles. The van der Waals surface area contributed by atoms with Crippen molar-refractivity contribution < 1.29 is 18.8 Å². The summed E-state index contributed by atoms with van der Waals surface area (Å²) in [6.45, 7) is 23.3. The van der Waals surface area contributed by atoms with Gasteiger partial charge in [-0.15, -0.1) is 0 Å². The van der Waals surface area contributed by atoms with E-state index in [0.717, 1.165) is 57.1 Å². The Morgan fingerprint density at radius 3 is 2.38 bits per heavy atom. The van der Waals surface area contributed by atoms with Crippen LogP contribution in [0.1, 0.15) is 132 Å². The molecule has 5 aliphatic carbocycles. The minimum Gasteiger partial charge on any atom is -0.444 e. The lowest BCUT2D eigenvalue weighted by molar-refractivity contribution is -0.228. The Morgan fingerprint density at radius 1 is 1.00 bits per heavy atom. The Morgan fingerprint density at radius 2 is 1.69 bits per heavy atom. The summed E-state index contributed by atoms with van der Waals surface area (Å²) in [6.07, 6.45) is 10.9. The number of amides is 1. The molecule has 0 aromatic carbocycles. The van der Waals surface area contributed by atoms with Crippen molar-refractivity contribution in [1.29, 1.82) is 0 Å². The molecule has 1 aromatic rings. The van der Waals surface area contributed by atoms with Crippen molar-refractivity contribution in [1.82, 2.24) is 10.5 Å². The van der Waals surface area contributed by atoms with E-state index in [1.54, 1.807) is 0 Å². The van der Waals surface area contributed by atoms with Crippen LogP contribution in [0.25, 0.3) is 0 Å². The van der Waals surface area contributed by atoms with Crippen LogP contribution in [0, 0.1) is 50.7 Å². The molecule has 0 spiro atoms. The zero-order valence-corrected chi connectivity index (χ0v) is 28.0. The first-order valence-electron chi connectivity index (χ1n) is 16.7. The van der Waals surface area contributed by atoms with Gasteiger partial charge in [0.25, 0.3) is 0 Å². The fraction of sp³-hybridized carbons (Fsp3) is 0.861. The van der Waals surface area contributed by atoms with Crippen LogP contribution in [0.15, 0.2) is 10.7 Å². The number of ketones is 1. The molecule has 8 atom stereocenters. The molecule has 0 saturated heterocycles. The lowest BCUT2D eigenvalue weighted by atomic mass is 9.31. The van der Waals surface area contributed by atoms with Crippen molar-refractivity contribution in [3.8, 4) is 0 Å². The molecule has 0 radical (unpaired) electrons. The number of fused-ring (bicyclic) bond motifs is 8. The molecule has 1 heterocycles. The highest BCUT2D eigenvalue weighted by Crippen LogP contribution is 2.76. The maximum Gasteiger partial charge on any atom is 0.407 e. The van der Waals surface area contributed by atoms with Gasteiger partial charge in [-0.3, -0.25) is 4.79 Å². The van der Waals surface area contributed by atoms with Gasteiger partial charge in [-0.05, 0) is 117 Å². The average Bonchev–Trinajstić information content (AvgIpc) is 3.32. The van der Waals surface area contributed by atoms with E-state index in [-0.39, 0.29) is 50.4 Å². The van der Waals surface area contributed by atoms with Crippen molar-refractivity contribution in [2.24, 2.45) is 50.7 Å². The second kappa shape index (κ2) is 9.10. The molecule has 0 bridgehead atoms. The van der Waals surface area contributed by atoms with E-state index in [0.29, 0.717) is 30.6 Å². The standard InChI is InChI=1S/C36H56N2O4/c1-30(2,3)41-29(40)37-21-36-15-13-31(4,5)19-23(36)27-24(39)17-26-33(8)18-22-20-38-42-28(22)32(6,7)25(33)11-12-34(26,9)35(27,10)14-16-36/h20,23,25-27H,11-19,21H2,1-10H3,(H,37,40)/t23-,25-,26+,27-,33-,34+,35+,36+/m0/s1. The van der Waals surface area contributed by atoms with Crippen molar-refractivity contribution in [3.05, 3.63) is 17.5 Å².